The van der Waals surface area contributed by atoms with Crippen molar-refractivity contribution in [2.24, 2.45) is 5.92 Å². The number of nitrogens with zero attached hydrogens (tertiary/aromatic N) is 2. The molecule has 2 aliphatic heterocycles. The van der Waals surface area contributed by atoms with Crippen LogP contribution >= 0.6 is 0 Å². The molecule has 3 rings (SSSR count). The molecular formula is C16H18F3N3O3. The van der Waals surface area contributed by atoms with Crippen LogP contribution in [0.5, 0.6) is 5.75 Å². The van der Waals surface area contributed by atoms with E-state index in [0.29, 0.717) is 18.6 Å². The molecule has 0 unspecified atom stereocenters. The highest BCUT2D eigenvalue weighted by atomic mass is 19.4. The summed E-state index contributed by atoms with van der Waals surface area (Å²) in [5.41, 5.74) is 3.59. The number of allylic oxidation sites excluding steroid dienone is 1. The van der Waals surface area contributed by atoms with E-state index in [-0.39, 0.29) is 19.0 Å². The van der Waals surface area contributed by atoms with E-state index in [0.717, 1.165) is 16.3 Å². The summed E-state index contributed by atoms with van der Waals surface area (Å²) < 4.78 is 42.5. The topological polar surface area (TPSA) is 54.0 Å². The van der Waals surface area contributed by atoms with Gasteiger partial charge in [0.2, 0.25) is 0 Å². The van der Waals surface area contributed by atoms with Crippen molar-refractivity contribution in [2.75, 3.05) is 25.2 Å². The lowest BCUT2D eigenvalue weighted by atomic mass is 9.95. The number of likely N-dealkylation sites (tertiary alicyclic amines) is 1. The summed E-state index contributed by atoms with van der Waals surface area (Å²) >= 11 is 0. The maximum absolute atomic E-state index is 12.5. The normalized spacial score (nSPS) is 18.8. The molecule has 0 saturated carbocycles. The lowest BCUT2D eigenvalue weighted by Gasteiger charge is -2.31. The molecule has 0 aliphatic carbocycles. The molecule has 2 aliphatic rings. The third kappa shape index (κ3) is 3.81. The summed E-state index contributed by atoms with van der Waals surface area (Å²) in [6.07, 6.45) is -2.20. The Morgan fingerprint density at radius 1 is 1.24 bits per heavy atom. The van der Waals surface area contributed by atoms with Crippen molar-refractivity contribution in [3.05, 3.63) is 36.2 Å². The average Bonchev–Trinajstić information content (AvgIpc) is 3.10. The van der Waals surface area contributed by atoms with Gasteiger partial charge in [0.05, 0.1) is 19.0 Å². The van der Waals surface area contributed by atoms with Crippen LogP contribution in [0, 0.1) is 5.92 Å². The van der Waals surface area contributed by atoms with Crippen molar-refractivity contribution in [3.63, 3.8) is 0 Å². The van der Waals surface area contributed by atoms with E-state index < -0.39 is 12.1 Å². The van der Waals surface area contributed by atoms with Crippen molar-refractivity contribution in [1.82, 2.24) is 10.5 Å². The maximum atomic E-state index is 12.5. The van der Waals surface area contributed by atoms with Gasteiger partial charge in [0.25, 0.3) is 0 Å². The number of hydrogen-bond acceptors (Lipinski definition) is 5. The van der Waals surface area contributed by atoms with Crippen LogP contribution in [-0.2, 0) is 9.63 Å². The zero-order valence-electron chi connectivity index (χ0n) is 13.5. The number of amides is 1. The number of piperidine rings is 1. The average molecular weight is 357 g/mol. The number of methoxy groups -OCH3 is 1. The summed E-state index contributed by atoms with van der Waals surface area (Å²) in [6.45, 7) is 0.124. The second-order valence-corrected chi connectivity index (χ2v) is 5.86. The molecule has 136 valence electrons. The second kappa shape index (κ2) is 6.83. The fourth-order valence-electron chi connectivity index (χ4n) is 2.89. The van der Waals surface area contributed by atoms with E-state index in [4.69, 9.17) is 9.57 Å². The number of carbonyl (C=O) groups is 1. The first-order chi connectivity index (χ1) is 11.9. The van der Waals surface area contributed by atoms with Crippen LogP contribution in [0.2, 0.25) is 0 Å². The van der Waals surface area contributed by atoms with Gasteiger partial charge >= 0.3 is 12.1 Å². The van der Waals surface area contributed by atoms with Gasteiger partial charge in [0.1, 0.15) is 11.5 Å². The zero-order valence-corrected chi connectivity index (χ0v) is 13.5. The number of anilines is 1. The standard InChI is InChI=1S/C16H18F3N3O3/c1-24-13-4-2-12(3-5-13)22-10-14(25-20-22)11-6-8-21(9-7-11)15(23)16(17,18)19/h2-5,10-11,20H,6-9H2,1H3. The minimum absolute atomic E-state index is 0.0342. The number of halogens is 3. The van der Waals surface area contributed by atoms with Gasteiger partial charge in [0, 0.05) is 19.0 Å². The van der Waals surface area contributed by atoms with Gasteiger partial charge in [-0.2, -0.15) is 13.2 Å². The third-order valence-electron chi connectivity index (χ3n) is 4.30. The predicted molar refractivity (Wildman–Crippen MR) is 83.1 cm³/mol. The van der Waals surface area contributed by atoms with Gasteiger partial charge in [0.15, 0.2) is 0 Å². The minimum Gasteiger partial charge on any atom is -0.497 e. The van der Waals surface area contributed by atoms with Crippen molar-refractivity contribution in [3.8, 4) is 5.75 Å². The molecule has 0 aromatic heterocycles. The molecule has 0 spiro atoms. The van der Waals surface area contributed by atoms with Crippen LogP contribution < -0.4 is 15.3 Å². The number of carbonyl (C=O) groups excluding carboxylic acids is 1. The molecule has 0 radical (unpaired) electrons. The summed E-state index contributed by atoms with van der Waals surface area (Å²) in [5, 5.41) is 1.68. The van der Waals surface area contributed by atoms with E-state index in [1.54, 1.807) is 18.3 Å². The Bertz CT molecular complexity index is 653. The van der Waals surface area contributed by atoms with Gasteiger partial charge in [-0.25, -0.2) is 5.01 Å². The van der Waals surface area contributed by atoms with Gasteiger partial charge in [-0.3, -0.25) is 4.79 Å². The first-order valence-corrected chi connectivity index (χ1v) is 7.82. The smallest absolute Gasteiger partial charge is 0.471 e. The van der Waals surface area contributed by atoms with E-state index >= 15 is 0 Å². The highest BCUT2D eigenvalue weighted by Gasteiger charge is 2.43. The Morgan fingerprint density at radius 2 is 1.88 bits per heavy atom. The highest BCUT2D eigenvalue weighted by molar-refractivity contribution is 5.81. The molecule has 1 aromatic rings. The monoisotopic (exact) mass is 357 g/mol. The zero-order chi connectivity index (χ0) is 18.0. The van der Waals surface area contributed by atoms with Crippen molar-refractivity contribution in [1.29, 1.82) is 0 Å². The molecule has 25 heavy (non-hydrogen) atoms. The SMILES string of the molecule is COc1ccc(N2C=C(C3CCN(C(=O)C(F)(F)F)CC3)ON2)cc1. The lowest BCUT2D eigenvalue weighted by Crippen LogP contribution is -2.45. The van der Waals surface area contributed by atoms with Crippen LogP contribution in [0.15, 0.2) is 36.2 Å². The molecular weight excluding hydrogens is 339 g/mol. The summed E-state index contributed by atoms with van der Waals surface area (Å²) in [5.74, 6) is -0.428. The number of benzene rings is 1. The number of hydrazine groups is 1. The van der Waals surface area contributed by atoms with Gasteiger partial charge in [-0.05, 0) is 37.1 Å². The Morgan fingerprint density at radius 3 is 2.44 bits per heavy atom. The molecule has 0 bridgehead atoms. The third-order valence-corrected chi connectivity index (χ3v) is 4.30. The number of rotatable bonds is 3. The van der Waals surface area contributed by atoms with Crippen LogP contribution in [0.4, 0.5) is 18.9 Å². The number of alkyl halides is 3. The Labute approximate surface area is 142 Å². The quantitative estimate of drug-likeness (QED) is 0.901. The Balaban J connectivity index is 1.59. The fourth-order valence-corrected chi connectivity index (χ4v) is 2.89. The molecule has 1 fully saturated rings. The molecule has 1 N–H and O–H groups in total. The van der Waals surface area contributed by atoms with E-state index in [2.05, 4.69) is 5.59 Å². The largest absolute Gasteiger partial charge is 0.497 e. The molecule has 6 nitrogen and oxygen atoms in total. The summed E-state index contributed by atoms with van der Waals surface area (Å²) in [7, 11) is 1.58. The van der Waals surface area contributed by atoms with Crippen LogP contribution in [0.25, 0.3) is 0 Å². The fraction of sp³-hybridized carbons (Fsp3) is 0.438. The van der Waals surface area contributed by atoms with Crippen molar-refractivity contribution in [2.45, 2.75) is 19.0 Å². The van der Waals surface area contributed by atoms with Crippen LogP contribution in [0.3, 0.4) is 0 Å². The van der Waals surface area contributed by atoms with E-state index in [1.165, 1.54) is 0 Å². The molecule has 1 saturated heterocycles. The van der Waals surface area contributed by atoms with Gasteiger partial charge in [-0.15, -0.1) is 0 Å². The number of hydrogen-bond donors (Lipinski definition) is 1. The Hall–Kier alpha value is -2.42. The van der Waals surface area contributed by atoms with E-state index in [9.17, 15) is 18.0 Å². The molecule has 1 aromatic carbocycles. The molecule has 0 atom stereocenters. The van der Waals surface area contributed by atoms with Crippen molar-refractivity contribution < 1.29 is 27.5 Å². The van der Waals surface area contributed by atoms with Crippen molar-refractivity contribution >= 4 is 11.6 Å². The molecule has 9 heteroatoms. The van der Waals surface area contributed by atoms with Gasteiger partial charge < -0.3 is 14.5 Å². The summed E-state index contributed by atoms with van der Waals surface area (Å²) in [6, 6.07) is 7.31. The number of nitrogens with one attached hydrogen (secondary N) is 1. The molecule has 2 heterocycles. The second-order valence-electron chi connectivity index (χ2n) is 5.86. The lowest BCUT2D eigenvalue weighted by molar-refractivity contribution is -0.186. The Kier molecular flexibility index (Phi) is 4.76. The maximum Gasteiger partial charge on any atom is 0.471 e. The highest BCUT2D eigenvalue weighted by Crippen LogP contribution is 2.31. The first kappa shape index (κ1) is 17.4. The first-order valence-electron chi connectivity index (χ1n) is 7.82. The van der Waals surface area contributed by atoms with E-state index in [1.807, 2.05) is 24.3 Å². The molecule has 1 amide bonds. The number of ether oxygens (including phenoxy) is 1. The van der Waals surface area contributed by atoms with Gasteiger partial charge in [-0.1, -0.05) is 5.59 Å². The summed E-state index contributed by atoms with van der Waals surface area (Å²) in [4.78, 5) is 17.6. The minimum atomic E-state index is -4.82. The van der Waals surface area contributed by atoms with Crippen LogP contribution in [0.1, 0.15) is 12.8 Å². The predicted octanol–water partition coefficient (Wildman–Crippen LogP) is 2.59. The van der Waals surface area contributed by atoms with Crippen LogP contribution in [-0.4, -0.2) is 37.2 Å².